The van der Waals surface area contributed by atoms with Crippen molar-refractivity contribution >= 4 is 27.5 Å². The fourth-order valence-electron chi connectivity index (χ4n) is 3.89. The van der Waals surface area contributed by atoms with Crippen molar-refractivity contribution in [2.24, 2.45) is 11.8 Å². The van der Waals surface area contributed by atoms with E-state index >= 15 is 0 Å². The first-order valence-corrected chi connectivity index (χ1v) is 11.8. The van der Waals surface area contributed by atoms with Crippen LogP contribution in [0.5, 0.6) is 5.75 Å². The van der Waals surface area contributed by atoms with Crippen LogP contribution < -0.4 is 9.46 Å². The fourth-order valence-corrected chi connectivity index (χ4v) is 5.23. The highest BCUT2D eigenvalue weighted by Crippen LogP contribution is 2.28. The average Bonchev–Trinajstić information content (AvgIpc) is 2.71. The van der Waals surface area contributed by atoms with Crippen molar-refractivity contribution in [1.82, 2.24) is 9.62 Å². The van der Waals surface area contributed by atoms with Crippen LogP contribution in [0.3, 0.4) is 0 Å². The van der Waals surface area contributed by atoms with Gasteiger partial charge in [0.05, 0.1) is 7.11 Å². The van der Waals surface area contributed by atoms with E-state index in [1.807, 2.05) is 0 Å². The molecule has 1 heterocycles. The molecule has 8 heteroatoms. The number of halogens is 1. The van der Waals surface area contributed by atoms with Gasteiger partial charge in [-0.3, -0.25) is 4.79 Å². The maximum Gasteiger partial charge on any atom is 0.253 e. The van der Waals surface area contributed by atoms with E-state index in [0.29, 0.717) is 35.5 Å². The van der Waals surface area contributed by atoms with Crippen molar-refractivity contribution < 1.29 is 17.9 Å². The van der Waals surface area contributed by atoms with Crippen LogP contribution in [0.15, 0.2) is 47.4 Å². The monoisotopic (exact) mass is 450 g/mol. The van der Waals surface area contributed by atoms with Crippen LogP contribution in [-0.2, 0) is 16.6 Å². The van der Waals surface area contributed by atoms with E-state index in [0.717, 1.165) is 12.0 Å². The van der Waals surface area contributed by atoms with Gasteiger partial charge in [-0.1, -0.05) is 37.6 Å². The molecule has 0 aromatic heterocycles. The first-order valence-electron chi connectivity index (χ1n) is 9.91. The standard InChI is InChI=1S/C22H27ClN2O4S/c1-15-10-16(2)14-25(13-15)22(26)18-6-9-20(29-3)21(11-18)30(27,28)24-12-17-4-7-19(23)8-5-17/h4-9,11,15-16,24H,10,12-14H2,1-3H3. The summed E-state index contributed by atoms with van der Waals surface area (Å²) in [5.41, 5.74) is 1.11. The molecule has 1 amide bonds. The first kappa shape index (κ1) is 22.6. The normalized spacial score (nSPS) is 19.5. The maximum absolute atomic E-state index is 13.0. The number of rotatable bonds is 6. The zero-order chi connectivity index (χ0) is 21.9. The minimum absolute atomic E-state index is 0.0529. The lowest BCUT2D eigenvalue weighted by molar-refractivity contribution is 0.0623. The van der Waals surface area contributed by atoms with Crippen molar-refractivity contribution in [3.05, 3.63) is 58.6 Å². The summed E-state index contributed by atoms with van der Waals surface area (Å²) in [7, 11) is -2.49. The Morgan fingerprint density at radius 1 is 1.13 bits per heavy atom. The largest absolute Gasteiger partial charge is 0.495 e. The Balaban J connectivity index is 1.84. The number of carbonyl (C=O) groups excluding carboxylic acids is 1. The zero-order valence-corrected chi connectivity index (χ0v) is 19.0. The van der Waals surface area contributed by atoms with Gasteiger partial charge in [0, 0.05) is 30.2 Å². The lowest BCUT2D eigenvalue weighted by Crippen LogP contribution is -2.42. The number of hydrogen-bond acceptors (Lipinski definition) is 4. The number of piperidine rings is 1. The number of carbonyl (C=O) groups is 1. The number of nitrogens with one attached hydrogen (secondary N) is 1. The number of methoxy groups -OCH3 is 1. The van der Waals surface area contributed by atoms with Crippen LogP contribution in [0.1, 0.15) is 36.2 Å². The van der Waals surface area contributed by atoms with Crippen LogP contribution >= 0.6 is 11.6 Å². The number of benzene rings is 2. The van der Waals surface area contributed by atoms with Crippen molar-refractivity contribution in [3.8, 4) is 5.75 Å². The topological polar surface area (TPSA) is 75.7 Å². The molecule has 2 unspecified atom stereocenters. The Labute approximate surface area is 183 Å². The SMILES string of the molecule is COc1ccc(C(=O)N2CC(C)CC(C)C2)cc1S(=O)(=O)NCc1ccc(Cl)cc1. The Kier molecular flexibility index (Phi) is 7.06. The van der Waals surface area contributed by atoms with Gasteiger partial charge in [0.15, 0.2) is 0 Å². The third-order valence-electron chi connectivity index (χ3n) is 5.24. The maximum atomic E-state index is 13.0. The third-order valence-corrected chi connectivity index (χ3v) is 6.91. The molecule has 0 spiro atoms. The molecule has 0 saturated carbocycles. The summed E-state index contributed by atoms with van der Waals surface area (Å²) >= 11 is 5.88. The minimum Gasteiger partial charge on any atom is -0.495 e. The fraction of sp³-hybridized carbons (Fsp3) is 0.409. The molecule has 3 rings (SSSR count). The van der Waals surface area contributed by atoms with Crippen LogP contribution in [0.4, 0.5) is 0 Å². The molecule has 0 bridgehead atoms. The average molecular weight is 451 g/mol. The van der Waals surface area contributed by atoms with Crippen molar-refractivity contribution in [2.45, 2.75) is 31.7 Å². The molecule has 0 aliphatic carbocycles. The summed E-state index contributed by atoms with van der Waals surface area (Å²) in [6, 6.07) is 11.4. The van der Waals surface area contributed by atoms with Crippen LogP contribution in [0.25, 0.3) is 0 Å². The van der Waals surface area contributed by atoms with Gasteiger partial charge in [0.2, 0.25) is 10.0 Å². The number of likely N-dealkylation sites (tertiary alicyclic amines) is 1. The summed E-state index contributed by atoms with van der Waals surface area (Å²) < 4.78 is 33.8. The predicted molar refractivity (Wildman–Crippen MR) is 117 cm³/mol. The number of amides is 1. The van der Waals surface area contributed by atoms with Gasteiger partial charge in [0.1, 0.15) is 10.6 Å². The summed E-state index contributed by atoms with van der Waals surface area (Å²) in [5, 5.41) is 0.579. The minimum atomic E-state index is -3.90. The smallest absolute Gasteiger partial charge is 0.253 e. The van der Waals surface area contributed by atoms with E-state index in [2.05, 4.69) is 18.6 Å². The third kappa shape index (κ3) is 5.33. The lowest BCUT2D eigenvalue weighted by Gasteiger charge is -2.35. The highest BCUT2D eigenvalue weighted by atomic mass is 35.5. The summed E-state index contributed by atoms with van der Waals surface area (Å²) in [5.74, 6) is 0.862. The molecular weight excluding hydrogens is 424 g/mol. The van der Waals surface area contributed by atoms with E-state index in [9.17, 15) is 13.2 Å². The first-order chi connectivity index (χ1) is 14.2. The van der Waals surface area contributed by atoms with Gasteiger partial charge >= 0.3 is 0 Å². The van der Waals surface area contributed by atoms with Gasteiger partial charge in [0.25, 0.3) is 5.91 Å². The lowest BCUT2D eigenvalue weighted by atomic mass is 9.91. The predicted octanol–water partition coefficient (Wildman–Crippen LogP) is 3.95. The second kappa shape index (κ2) is 9.37. The van der Waals surface area contributed by atoms with Gasteiger partial charge in [-0.15, -0.1) is 0 Å². The Bertz CT molecular complexity index is 998. The summed E-state index contributed by atoms with van der Waals surface area (Å²) in [4.78, 5) is 14.8. The Morgan fingerprint density at radius 2 is 1.77 bits per heavy atom. The van der Waals surface area contributed by atoms with Crippen LogP contribution in [-0.4, -0.2) is 39.4 Å². The molecular formula is C22H27ClN2O4S. The molecule has 2 aromatic carbocycles. The molecule has 0 radical (unpaired) electrons. The highest BCUT2D eigenvalue weighted by molar-refractivity contribution is 7.89. The highest BCUT2D eigenvalue weighted by Gasteiger charge is 2.28. The van der Waals surface area contributed by atoms with Gasteiger partial charge in [-0.2, -0.15) is 0 Å². The van der Waals surface area contributed by atoms with E-state index in [4.69, 9.17) is 16.3 Å². The molecule has 1 aliphatic rings. The number of ether oxygens (including phenoxy) is 1. The number of sulfonamides is 1. The van der Waals surface area contributed by atoms with E-state index in [1.54, 1.807) is 35.2 Å². The second-order valence-corrected chi connectivity index (χ2v) is 10.1. The van der Waals surface area contributed by atoms with Crippen molar-refractivity contribution in [3.63, 3.8) is 0 Å². The molecule has 2 aromatic rings. The molecule has 6 nitrogen and oxygen atoms in total. The Morgan fingerprint density at radius 3 is 2.37 bits per heavy atom. The molecule has 1 fully saturated rings. The van der Waals surface area contributed by atoms with E-state index < -0.39 is 10.0 Å². The second-order valence-electron chi connectivity index (χ2n) is 7.97. The number of nitrogens with zero attached hydrogens (tertiary/aromatic N) is 1. The molecule has 30 heavy (non-hydrogen) atoms. The molecule has 1 aliphatic heterocycles. The van der Waals surface area contributed by atoms with Crippen LogP contribution in [0, 0.1) is 11.8 Å². The quantitative estimate of drug-likeness (QED) is 0.723. The molecule has 1 saturated heterocycles. The van der Waals surface area contributed by atoms with Gasteiger partial charge < -0.3 is 9.64 Å². The summed E-state index contributed by atoms with van der Waals surface area (Å²) in [6.07, 6.45) is 1.08. The van der Waals surface area contributed by atoms with Crippen molar-refractivity contribution in [1.29, 1.82) is 0 Å². The summed E-state index contributed by atoms with van der Waals surface area (Å²) in [6.45, 7) is 5.70. The van der Waals surface area contributed by atoms with E-state index in [-0.39, 0.29) is 23.1 Å². The molecule has 1 N–H and O–H groups in total. The van der Waals surface area contributed by atoms with Crippen LogP contribution in [0.2, 0.25) is 5.02 Å². The molecule has 162 valence electrons. The van der Waals surface area contributed by atoms with Crippen molar-refractivity contribution in [2.75, 3.05) is 20.2 Å². The van der Waals surface area contributed by atoms with E-state index in [1.165, 1.54) is 19.2 Å². The Hall–Kier alpha value is -2.09. The molecule has 2 atom stereocenters. The van der Waals surface area contributed by atoms with Gasteiger partial charge in [-0.25, -0.2) is 13.1 Å². The van der Waals surface area contributed by atoms with Gasteiger partial charge in [-0.05, 0) is 54.2 Å². The number of hydrogen-bond donors (Lipinski definition) is 1. The zero-order valence-electron chi connectivity index (χ0n) is 17.4.